The number of carbonyl (C=O) groups is 1. The number of anilines is 1. The Morgan fingerprint density at radius 2 is 2.33 bits per heavy atom. The third-order valence-electron chi connectivity index (χ3n) is 1.96. The number of aromatic nitrogens is 2. The maximum atomic E-state index is 11.4. The van der Waals surface area contributed by atoms with Gasteiger partial charge in [-0.3, -0.25) is 9.89 Å². The molecule has 0 spiro atoms. The topological polar surface area (TPSA) is 104 Å². The van der Waals surface area contributed by atoms with Gasteiger partial charge >= 0.3 is 0 Å². The van der Waals surface area contributed by atoms with Crippen LogP contribution in [0.15, 0.2) is 6.07 Å². The van der Waals surface area contributed by atoms with Gasteiger partial charge in [0, 0.05) is 19.2 Å². The van der Waals surface area contributed by atoms with Gasteiger partial charge in [0.15, 0.2) is 0 Å². The molecule has 0 bridgehead atoms. The lowest BCUT2D eigenvalue weighted by molar-refractivity contribution is 0.0948. The van der Waals surface area contributed by atoms with Gasteiger partial charge in [-0.15, -0.1) is 0 Å². The Balaban J connectivity index is 2.19. The minimum Gasteiger partial charge on any atom is -0.396 e. The third kappa shape index (κ3) is 3.99. The zero-order chi connectivity index (χ0) is 11.1. The van der Waals surface area contributed by atoms with E-state index < -0.39 is 0 Å². The van der Waals surface area contributed by atoms with Gasteiger partial charge in [0.1, 0.15) is 11.5 Å². The second-order valence-corrected chi connectivity index (χ2v) is 3.25. The van der Waals surface area contributed by atoms with E-state index in [4.69, 9.17) is 10.8 Å². The summed E-state index contributed by atoms with van der Waals surface area (Å²) in [6.45, 7) is 0.794. The molecule has 0 saturated carbocycles. The average Bonchev–Trinajstić information content (AvgIpc) is 2.64. The number of hydrogen-bond acceptors (Lipinski definition) is 4. The van der Waals surface area contributed by atoms with E-state index in [0.29, 0.717) is 18.1 Å². The highest BCUT2D eigenvalue weighted by Crippen LogP contribution is 2.00. The molecule has 0 aliphatic heterocycles. The van der Waals surface area contributed by atoms with E-state index >= 15 is 0 Å². The Morgan fingerprint density at radius 1 is 1.53 bits per heavy atom. The number of rotatable bonds is 6. The molecule has 1 amide bonds. The Bertz CT molecular complexity index is 311. The lowest BCUT2D eigenvalue weighted by atomic mass is 10.2. The van der Waals surface area contributed by atoms with E-state index in [1.54, 1.807) is 0 Å². The number of H-pyrrole nitrogens is 1. The molecule has 1 rings (SSSR count). The SMILES string of the molecule is Nc1cc(C(=O)NCCCCCO)[nH]n1. The van der Waals surface area contributed by atoms with Crippen LogP contribution in [0.4, 0.5) is 5.82 Å². The molecule has 0 unspecified atom stereocenters. The third-order valence-corrected chi connectivity index (χ3v) is 1.96. The lowest BCUT2D eigenvalue weighted by Crippen LogP contribution is -2.24. The molecule has 0 atom stereocenters. The Labute approximate surface area is 87.9 Å². The summed E-state index contributed by atoms with van der Waals surface area (Å²) in [6.07, 6.45) is 2.53. The molecule has 0 fully saturated rings. The fourth-order valence-corrected chi connectivity index (χ4v) is 1.16. The van der Waals surface area contributed by atoms with Crippen molar-refractivity contribution in [3.63, 3.8) is 0 Å². The standard InChI is InChI=1S/C9H16N4O2/c10-8-6-7(12-13-8)9(15)11-4-2-1-3-5-14/h6,14H,1-5H2,(H,11,15)(H3,10,12,13). The van der Waals surface area contributed by atoms with Gasteiger partial charge in [0.05, 0.1) is 0 Å². The molecule has 0 aromatic carbocycles. The average molecular weight is 212 g/mol. The smallest absolute Gasteiger partial charge is 0.269 e. The largest absolute Gasteiger partial charge is 0.396 e. The van der Waals surface area contributed by atoms with Crippen LogP contribution >= 0.6 is 0 Å². The van der Waals surface area contributed by atoms with Gasteiger partial charge in [-0.2, -0.15) is 5.10 Å². The summed E-state index contributed by atoms with van der Waals surface area (Å²) < 4.78 is 0. The van der Waals surface area contributed by atoms with Gasteiger partial charge in [0.25, 0.3) is 5.91 Å². The van der Waals surface area contributed by atoms with Crippen LogP contribution in [0.25, 0.3) is 0 Å². The number of nitrogens with zero attached hydrogens (tertiary/aromatic N) is 1. The van der Waals surface area contributed by atoms with Crippen molar-refractivity contribution in [3.05, 3.63) is 11.8 Å². The quantitative estimate of drug-likeness (QED) is 0.493. The van der Waals surface area contributed by atoms with Gasteiger partial charge in [-0.25, -0.2) is 0 Å². The van der Waals surface area contributed by atoms with E-state index in [1.807, 2.05) is 0 Å². The van der Waals surface area contributed by atoms with Gasteiger partial charge in [-0.1, -0.05) is 0 Å². The van der Waals surface area contributed by atoms with Crippen molar-refractivity contribution < 1.29 is 9.90 Å². The van der Waals surface area contributed by atoms with E-state index in [9.17, 15) is 4.79 Å². The molecule has 15 heavy (non-hydrogen) atoms. The van der Waals surface area contributed by atoms with Crippen molar-refractivity contribution in [2.75, 3.05) is 18.9 Å². The normalized spacial score (nSPS) is 10.2. The Hall–Kier alpha value is -1.56. The summed E-state index contributed by atoms with van der Waals surface area (Å²) in [5, 5.41) is 17.4. The summed E-state index contributed by atoms with van der Waals surface area (Å²) in [7, 11) is 0. The fraction of sp³-hybridized carbons (Fsp3) is 0.556. The van der Waals surface area contributed by atoms with Crippen LogP contribution in [-0.4, -0.2) is 34.4 Å². The van der Waals surface area contributed by atoms with Gasteiger partial charge in [-0.05, 0) is 19.3 Å². The maximum Gasteiger partial charge on any atom is 0.269 e. The molecule has 5 N–H and O–H groups in total. The zero-order valence-corrected chi connectivity index (χ0v) is 8.49. The van der Waals surface area contributed by atoms with E-state index in [0.717, 1.165) is 19.3 Å². The van der Waals surface area contributed by atoms with E-state index in [-0.39, 0.29) is 12.5 Å². The number of nitrogen functional groups attached to an aromatic ring is 1. The van der Waals surface area contributed by atoms with E-state index in [2.05, 4.69) is 15.5 Å². The molecule has 6 nitrogen and oxygen atoms in total. The van der Waals surface area contributed by atoms with Gasteiger partial charge < -0.3 is 16.2 Å². The number of aliphatic hydroxyl groups excluding tert-OH is 1. The number of aliphatic hydroxyl groups is 1. The van der Waals surface area contributed by atoms with Crippen molar-refractivity contribution in [2.45, 2.75) is 19.3 Å². The molecular weight excluding hydrogens is 196 g/mol. The minimum absolute atomic E-state index is 0.199. The van der Waals surface area contributed by atoms with Crippen molar-refractivity contribution in [3.8, 4) is 0 Å². The first kappa shape index (κ1) is 11.5. The van der Waals surface area contributed by atoms with Crippen LogP contribution in [0.5, 0.6) is 0 Å². The number of nitrogens with one attached hydrogen (secondary N) is 2. The Kier molecular flexibility index (Phi) is 4.62. The Morgan fingerprint density at radius 3 is 2.93 bits per heavy atom. The maximum absolute atomic E-state index is 11.4. The highest BCUT2D eigenvalue weighted by Gasteiger charge is 2.06. The van der Waals surface area contributed by atoms with Crippen molar-refractivity contribution in [2.24, 2.45) is 0 Å². The first-order valence-electron chi connectivity index (χ1n) is 4.94. The molecular formula is C9H16N4O2. The number of amides is 1. The van der Waals surface area contributed by atoms with Crippen LogP contribution < -0.4 is 11.1 Å². The molecule has 0 radical (unpaired) electrons. The van der Waals surface area contributed by atoms with E-state index in [1.165, 1.54) is 6.07 Å². The summed E-state index contributed by atoms with van der Waals surface area (Å²) in [4.78, 5) is 11.4. The lowest BCUT2D eigenvalue weighted by Gasteiger charge is -2.02. The number of aromatic amines is 1. The van der Waals surface area contributed by atoms with Crippen molar-refractivity contribution >= 4 is 11.7 Å². The summed E-state index contributed by atoms with van der Waals surface area (Å²) in [5.41, 5.74) is 5.73. The first-order valence-corrected chi connectivity index (χ1v) is 4.94. The van der Waals surface area contributed by atoms with Gasteiger partial charge in [0.2, 0.25) is 0 Å². The second kappa shape index (κ2) is 6.02. The first-order chi connectivity index (χ1) is 7.24. The van der Waals surface area contributed by atoms with Crippen molar-refractivity contribution in [1.82, 2.24) is 15.5 Å². The molecule has 0 saturated heterocycles. The molecule has 84 valence electrons. The minimum atomic E-state index is -0.205. The highest BCUT2D eigenvalue weighted by molar-refractivity contribution is 5.92. The summed E-state index contributed by atoms with van der Waals surface area (Å²) >= 11 is 0. The molecule has 0 aliphatic rings. The molecule has 1 heterocycles. The monoisotopic (exact) mass is 212 g/mol. The predicted octanol–water partition coefficient (Wildman–Crippen LogP) is -0.116. The van der Waals surface area contributed by atoms with Crippen LogP contribution in [0, 0.1) is 0 Å². The molecule has 6 heteroatoms. The van der Waals surface area contributed by atoms with Crippen LogP contribution in [0.1, 0.15) is 29.8 Å². The number of nitrogens with two attached hydrogens (primary N) is 1. The number of unbranched alkanes of at least 4 members (excludes halogenated alkanes) is 2. The highest BCUT2D eigenvalue weighted by atomic mass is 16.2. The second-order valence-electron chi connectivity index (χ2n) is 3.25. The van der Waals surface area contributed by atoms with Crippen LogP contribution in [0.2, 0.25) is 0 Å². The van der Waals surface area contributed by atoms with Crippen molar-refractivity contribution in [1.29, 1.82) is 0 Å². The summed E-state index contributed by atoms with van der Waals surface area (Å²) in [5.74, 6) is 0.101. The predicted molar refractivity (Wildman–Crippen MR) is 56.3 cm³/mol. The molecule has 0 aliphatic carbocycles. The van der Waals surface area contributed by atoms with Crippen LogP contribution in [0.3, 0.4) is 0 Å². The molecule has 1 aromatic rings. The number of carbonyl (C=O) groups excluding carboxylic acids is 1. The fourth-order valence-electron chi connectivity index (χ4n) is 1.16. The summed E-state index contributed by atoms with van der Waals surface area (Å²) in [6, 6.07) is 1.49. The molecule has 1 aromatic heterocycles. The zero-order valence-electron chi connectivity index (χ0n) is 8.49. The van der Waals surface area contributed by atoms with Crippen LogP contribution in [-0.2, 0) is 0 Å². The number of hydrogen-bond donors (Lipinski definition) is 4.